The van der Waals surface area contributed by atoms with Gasteiger partial charge in [-0.3, -0.25) is 4.79 Å². The number of hydrogen-bond donors (Lipinski definition) is 1. The minimum atomic E-state index is -0.793. The van der Waals surface area contributed by atoms with Crippen LogP contribution >= 0.6 is 0 Å². The molecule has 1 amide bonds. The summed E-state index contributed by atoms with van der Waals surface area (Å²) in [6.45, 7) is 6.33. The highest BCUT2D eigenvalue weighted by Gasteiger charge is 2.53. The van der Waals surface area contributed by atoms with Crippen LogP contribution in [0.1, 0.15) is 33.6 Å². The van der Waals surface area contributed by atoms with E-state index in [1.807, 2.05) is 0 Å². The standard InChI is InChI=1S/C14H23NO6/c1-13(2,3)21-12(17)15-10-8-14(19-5-6-20-14)7-9(10)11(16)18-4/h9-10H,5-8H2,1-4H3,(H,15,17)/t9-,10-/m1/s1. The summed E-state index contributed by atoms with van der Waals surface area (Å²) in [4.78, 5) is 23.8. The van der Waals surface area contributed by atoms with Gasteiger partial charge in [0.05, 0.1) is 32.3 Å². The maximum atomic E-state index is 11.9. The molecule has 7 nitrogen and oxygen atoms in total. The zero-order chi connectivity index (χ0) is 15.7. The second kappa shape index (κ2) is 5.81. The molecule has 0 aromatic heterocycles. The minimum Gasteiger partial charge on any atom is -0.469 e. The first-order valence-electron chi connectivity index (χ1n) is 7.10. The van der Waals surface area contributed by atoms with Crippen molar-refractivity contribution < 1.29 is 28.5 Å². The number of nitrogens with one attached hydrogen (secondary N) is 1. The van der Waals surface area contributed by atoms with Crippen LogP contribution in [0.5, 0.6) is 0 Å². The lowest BCUT2D eigenvalue weighted by Gasteiger charge is -2.24. The Bertz CT molecular complexity index is 410. The summed E-state index contributed by atoms with van der Waals surface area (Å²) in [7, 11) is 1.33. The van der Waals surface area contributed by atoms with E-state index in [1.54, 1.807) is 20.8 Å². The summed E-state index contributed by atoms with van der Waals surface area (Å²) in [6.07, 6.45) is 0.225. The fourth-order valence-electron chi connectivity index (χ4n) is 2.78. The molecule has 2 aliphatic rings. The summed E-state index contributed by atoms with van der Waals surface area (Å²) in [5, 5.41) is 2.73. The molecular formula is C14H23NO6. The predicted octanol–water partition coefficient (Wildman–Crippen LogP) is 1.21. The molecule has 0 radical (unpaired) electrons. The van der Waals surface area contributed by atoms with Gasteiger partial charge in [0.15, 0.2) is 5.79 Å². The quantitative estimate of drug-likeness (QED) is 0.772. The second-order valence-corrected chi connectivity index (χ2v) is 6.40. The molecule has 1 aliphatic heterocycles. The van der Waals surface area contributed by atoms with Crippen LogP contribution in [-0.4, -0.2) is 49.8 Å². The Morgan fingerprint density at radius 3 is 2.33 bits per heavy atom. The minimum absolute atomic E-state index is 0.375. The highest BCUT2D eigenvalue weighted by molar-refractivity contribution is 5.76. The van der Waals surface area contributed by atoms with E-state index in [9.17, 15) is 9.59 Å². The summed E-state index contributed by atoms with van der Waals surface area (Å²) in [6, 6.07) is -0.426. The van der Waals surface area contributed by atoms with Crippen LogP contribution in [0.25, 0.3) is 0 Å². The molecule has 2 atom stereocenters. The van der Waals surface area contributed by atoms with Gasteiger partial charge in [0.25, 0.3) is 0 Å². The number of carbonyl (C=O) groups excluding carboxylic acids is 2. The molecular weight excluding hydrogens is 278 g/mol. The molecule has 1 aliphatic carbocycles. The van der Waals surface area contributed by atoms with Gasteiger partial charge < -0.3 is 24.3 Å². The molecule has 120 valence electrons. The van der Waals surface area contributed by atoms with Crippen LogP contribution in [0.2, 0.25) is 0 Å². The van der Waals surface area contributed by atoms with Gasteiger partial charge in [-0.2, -0.15) is 0 Å². The fraction of sp³-hybridized carbons (Fsp3) is 0.857. The van der Waals surface area contributed by atoms with E-state index < -0.39 is 29.4 Å². The molecule has 21 heavy (non-hydrogen) atoms. The molecule has 0 unspecified atom stereocenters. The SMILES string of the molecule is COC(=O)[C@@H]1CC2(C[C@H]1NC(=O)OC(C)(C)C)OCCO2. The van der Waals surface area contributed by atoms with Crippen molar-refractivity contribution in [2.45, 2.75) is 51.0 Å². The van der Waals surface area contributed by atoms with E-state index >= 15 is 0 Å². The summed E-state index contributed by atoms with van der Waals surface area (Å²) < 4.78 is 21.3. The van der Waals surface area contributed by atoms with Gasteiger partial charge in [-0.15, -0.1) is 0 Å². The van der Waals surface area contributed by atoms with Crippen LogP contribution in [0.4, 0.5) is 4.79 Å². The lowest BCUT2D eigenvalue weighted by molar-refractivity contribution is -0.161. The molecule has 2 rings (SSSR count). The van der Waals surface area contributed by atoms with Crippen LogP contribution in [0.3, 0.4) is 0 Å². The first kappa shape index (κ1) is 16.0. The molecule has 0 aromatic carbocycles. The van der Waals surface area contributed by atoms with E-state index in [-0.39, 0.29) is 5.97 Å². The monoisotopic (exact) mass is 301 g/mol. The van der Waals surface area contributed by atoms with Crippen molar-refractivity contribution in [3.05, 3.63) is 0 Å². The number of carbonyl (C=O) groups is 2. The Labute approximate surface area is 124 Å². The van der Waals surface area contributed by atoms with Crippen molar-refractivity contribution in [3.63, 3.8) is 0 Å². The molecule has 1 saturated heterocycles. The third kappa shape index (κ3) is 3.85. The van der Waals surface area contributed by atoms with Gasteiger partial charge in [0.1, 0.15) is 5.60 Å². The Morgan fingerprint density at radius 1 is 1.19 bits per heavy atom. The van der Waals surface area contributed by atoms with Crippen LogP contribution in [0, 0.1) is 5.92 Å². The predicted molar refractivity (Wildman–Crippen MR) is 72.5 cm³/mol. The Balaban J connectivity index is 2.04. The van der Waals surface area contributed by atoms with Crippen molar-refractivity contribution in [2.24, 2.45) is 5.92 Å². The number of hydrogen-bond acceptors (Lipinski definition) is 6. The average molecular weight is 301 g/mol. The van der Waals surface area contributed by atoms with Gasteiger partial charge in [-0.25, -0.2) is 4.79 Å². The third-order valence-electron chi connectivity index (χ3n) is 3.57. The first-order chi connectivity index (χ1) is 9.75. The van der Waals surface area contributed by atoms with E-state index in [1.165, 1.54) is 7.11 Å². The zero-order valence-electron chi connectivity index (χ0n) is 12.9. The number of esters is 1. The topological polar surface area (TPSA) is 83.1 Å². The Morgan fingerprint density at radius 2 is 1.81 bits per heavy atom. The largest absolute Gasteiger partial charge is 0.469 e. The van der Waals surface area contributed by atoms with Gasteiger partial charge in [-0.1, -0.05) is 0 Å². The molecule has 2 fully saturated rings. The molecule has 1 saturated carbocycles. The third-order valence-corrected chi connectivity index (χ3v) is 3.57. The second-order valence-electron chi connectivity index (χ2n) is 6.40. The molecule has 1 heterocycles. The Hall–Kier alpha value is -1.34. The van der Waals surface area contributed by atoms with Crippen LogP contribution in [-0.2, 0) is 23.7 Å². The van der Waals surface area contributed by atoms with E-state index in [2.05, 4.69) is 5.32 Å². The van der Waals surface area contributed by atoms with Crippen molar-refractivity contribution in [3.8, 4) is 0 Å². The normalized spacial score (nSPS) is 27.6. The van der Waals surface area contributed by atoms with Crippen molar-refractivity contribution in [2.75, 3.05) is 20.3 Å². The van der Waals surface area contributed by atoms with Gasteiger partial charge in [0.2, 0.25) is 0 Å². The highest BCUT2D eigenvalue weighted by Crippen LogP contribution is 2.41. The van der Waals surface area contributed by atoms with Gasteiger partial charge >= 0.3 is 12.1 Å². The van der Waals surface area contributed by atoms with Crippen molar-refractivity contribution in [1.29, 1.82) is 0 Å². The smallest absolute Gasteiger partial charge is 0.407 e. The van der Waals surface area contributed by atoms with Crippen LogP contribution in [0.15, 0.2) is 0 Å². The number of amides is 1. The molecule has 7 heteroatoms. The van der Waals surface area contributed by atoms with Gasteiger partial charge in [0, 0.05) is 12.8 Å². The van der Waals surface area contributed by atoms with Crippen molar-refractivity contribution >= 4 is 12.1 Å². The maximum absolute atomic E-state index is 11.9. The molecule has 0 aromatic rings. The van der Waals surface area contributed by atoms with Crippen LogP contribution < -0.4 is 5.32 Å². The number of methoxy groups -OCH3 is 1. The highest BCUT2D eigenvalue weighted by atomic mass is 16.7. The Kier molecular flexibility index (Phi) is 4.43. The summed E-state index contributed by atoms with van der Waals surface area (Å²) in [5.74, 6) is -1.67. The number of rotatable bonds is 2. The molecule has 1 N–H and O–H groups in total. The fourth-order valence-corrected chi connectivity index (χ4v) is 2.78. The lowest BCUT2D eigenvalue weighted by atomic mass is 10.0. The summed E-state index contributed by atoms with van der Waals surface area (Å²) in [5.41, 5.74) is -0.596. The van der Waals surface area contributed by atoms with E-state index in [0.717, 1.165) is 0 Å². The number of alkyl carbamates (subject to hydrolysis) is 1. The maximum Gasteiger partial charge on any atom is 0.407 e. The molecule has 1 spiro atoms. The molecule has 0 bridgehead atoms. The van der Waals surface area contributed by atoms with Gasteiger partial charge in [-0.05, 0) is 20.8 Å². The van der Waals surface area contributed by atoms with E-state index in [0.29, 0.717) is 26.1 Å². The van der Waals surface area contributed by atoms with Crippen molar-refractivity contribution in [1.82, 2.24) is 5.32 Å². The lowest BCUT2D eigenvalue weighted by Crippen LogP contribution is -2.43. The zero-order valence-corrected chi connectivity index (χ0v) is 12.9. The summed E-state index contributed by atoms with van der Waals surface area (Å²) >= 11 is 0. The first-order valence-corrected chi connectivity index (χ1v) is 7.10. The average Bonchev–Trinajstić information content (AvgIpc) is 2.94. The van der Waals surface area contributed by atoms with E-state index in [4.69, 9.17) is 18.9 Å². The number of ether oxygens (including phenoxy) is 4.